The van der Waals surface area contributed by atoms with Crippen molar-refractivity contribution in [2.45, 2.75) is 59.0 Å². The predicted octanol–water partition coefficient (Wildman–Crippen LogP) is 1.81. The Kier molecular flexibility index (Phi) is 6.47. The first-order chi connectivity index (χ1) is 8.52. The molecule has 4 heteroatoms. The van der Waals surface area contributed by atoms with Crippen LogP contribution in [0.3, 0.4) is 0 Å². The normalized spacial score (nSPS) is 24.3. The molecule has 18 heavy (non-hydrogen) atoms. The largest absolute Gasteiger partial charge is 0.370 e. The number of rotatable bonds is 5. The van der Waals surface area contributed by atoms with E-state index in [1.54, 1.807) is 0 Å². The van der Waals surface area contributed by atoms with Gasteiger partial charge in [0.2, 0.25) is 0 Å². The van der Waals surface area contributed by atoms with Gasteiger partial charge in [0.1, 0.15) is 0 Å². The fourth-order valence-electron chi connectivity index (χ4n) is 2.34. The zero-order chi connectivity index (χ0) is 13.5. The van der Waals surface area contributed by atoms with Crippen LogP contribution in [0.4, 0.5) is 0 Å². The highest BCUT2D eigenvalue weighted by Gasteiger charge is 2.21. The van der Waals surface area contributed by atoms with Crippen LogP contribution >= 0.6 is 0 Å². The van der Waals surface area contributed by atoms with Gasteiger partial charge in [-0.25, -0.2) is 0 Å². The van der Waals surface area contributed by atoms with Crippen molar-refractivity contribution < 1.29 is 0 Å². The van der Waals surface area contributed by atoms with Crippen molar-refractivity contribution >= 4 is 5.96 Å². The molecule has 0 amide bonds. The van der Waals surface area contributed by atoms with Gasteiger partial charge in [-0.3, -0.25) is 4.99 Å². The van der Waals surface area contributed by atoms with Crippen molar-refractivity contribution in [1.29, 1.82) is 0 Å². The first-order valence-electron chi connectivity index (χ1n) is 7.33. The molecule has 0 aliphatic carbocycles. The molecule has 4 nitrogen and oxygen atoms in total. The number of likely N-dealkylation sites (tertiary alicyclic amines) is 1. The molecule has 1 fully saturated rings. The second kappa shape index (κ2) is 7.62. The van der Waals surface area contributed by atoms with Crippen molar-refractivity contribution in [1.82, 2.24) is 10.2 Å². The average Bonchev–Trinajstić information content (AvgIpc) is 2.36. The van der Waals surface area contributed by atoms with Gasteiger partial charge in [-0.15, -0.1) is 0 Å². The van der Waals surface area contributed by atoms with Crippen LogP contribution in [0.1, 0.15) is 47.0 Å². The van der Waals surface area contributed by atoms with E-state index in [9.17, 15) is 0 Å². The van der Waals surface area contributed by atoms with E-state index in [2.05, 4.69) is 42.9 Å². The first-order valence-corrected chi connectivity index (χ1v) is 7.33. The Balaban J connectivity index is 2.35. The van der Waals surface area contributed by atoms with Gasteiger partial charge in [0, 0.05) is 25.2 Å². The molecule has 2 atom stereocenters. The maximum atomic E-state index is 5.89. The monoisotopic (exact) mass is 254 g/mol. The molecule has 0 radical (unpaired) electrons. The van der Waals surface area contributed by atoms with Gasteiger partial charge in [0.25, 0.3) is 0 Å². The molecule has 1 heterocycles. The minimum Gasteiger partial charge on any atom is -0.370 e. The van der Waals surface area contributed by atoms with E-state index in [0.717, 1.165) is 19.5 Å². The van der Waals surface area contributed by atoms with Crippen molar-refractivity contribution in [2.75, 3.05) is 19.6 Å². The Morgan fingerprint density at radius 2 is 2.17 bits per heavy atom. The van der Waals surface area contributed by atoms with Crippen LogP contribution < -0.4 is 11.1 Å². The summed E-state index contributed by atoms with van der Waals surface area (Å²) in [6, 6.07) is 1.06. The second-order valence-electron chi connectivity index (χ2n) is 5.78. The minimum absolute atomic E-state index is 0.410. The number of aliphatic imine (C=N–C) groups is 1. The molecule has 1 saturated heterocycles. The summed E-state index contributed by atoms with van der Waals surface area (Å²) in [5, 5.41) is 3.22. The number of hydrogen-bond acceptors (Lipinski definition) is 2. The lowest BCUT2D eigenvalue weighted by Gasteiger charge is -2.34. The summed E-state index contributed by atoms with van der Waals surface area (Å²) in [5.74, 6) is 1.27. The molecule has 0 aromatic carbocycles. The van der Waals surface area contributed by atoms with Crippen LogP contribution in [-0.4, -0.2) is 42.6 Å². The predicted molar refractivity (Wildman–Crippen MR) is 78.8 cm³/mol. The summed E-state index contributed by atoms with van der Waals surface area (Å²) in [6.07, 6.45) is 3.64. The number of hydrogen-bond donors (Lipinski definition) is 2. The zero-order valence-electron chi connectivity index (χ0n) is 12.4. The smallest absolute Gasteiger partial charge is 0.188 e. The third-order valence-corrected chi connectivity index (χ3v) is 3.81. The van der Waals surface area contributed by atoms with E-state index in [1.165, 1.54) is 19.4 Å². The number of guanidine groups is 1. The quantitative estimate of drug-likeness (QED) is 0.581. The van der Waals surface area contributed by atoms with Crippen LogP contribution in [-0.2, 0) is 0 Å². The van der Waals surface area contributed by atoms with Gasteiger partial charge in [-0.1, -0.05) is 6.92 Å². The molecule has 0 spiro atoms. The van der Waals surface area contributed by atoms with E-state index in [-0.39, 0.29) is 0 Å². The van der Waals surface area contributed by atoms with Crippen LogP contribution in [0.15, 0.2) is 4.99 Å². The molecule has 1 aliphatic heterocycles. The molecule has 3 N–H and O–H groups in total. The van der Waals surface area contributed by atoms with Crippen molar-refractivity contribution in [3.63, 3.8) is 0 Å². The molecule has 1 rings (SSSR count). The maximum absolute atomic E-state index is 5.89. The number of piperidine rings is 1. The van der Waals surface area contributed by atoms with Crippen molar-refractivity contribution in [3.05, 3.63) is 0 Å². The summed E-state index contributed by atoms with van der Waals surface area (Å²) >= 11 is 0. The number of nitrogens with zero attached hydrogens (tertiary/aromatic N) is 2. The lowest BCUT2D eigenvalue weighted by atomic mass is 9.97. The summed E-state index contributed by atoms with van der Waals surface area (Å²) in [5.41, 5.74) is 5.89. The number of nitrogens with two attached hydrogens (primary N) is 1. The van der Waals surface area contributed by atoms with Crippen LogP contribution in [0.2, 0.25) is 0 Å². The summed E-state index contributed by atoms with van der Waals surface area (Å²) in [4.78, 5) is 7.03. The Hall–Kier alpha value is -0.770. The fourth-order valence-corrected chi connectivity index (χ4v) is 2.34. The molecule has 0 saturated carbocycles. The first kappa shape index (κ1) is 15.3. The van der Waals surface area contributed by atoms with E-state index in [4.69, 9.17) is 5.73 Å². The van der Waals surface area contributed by atoms with Crippen molar-refractivity contribution in [2.24, 2.45) is 16.6 Å². The second-order valence-corrected chi connectivity index (χ2v) is 5.78. The van der Waals surface area contributed by atoms with Gasteiger partial charge >= 0.3 is 0 Å². The molecule has 106 valence electrons. The SMILES string of the molecule is CCC(C)NC(N)=NCC1CCCN(C(C)C)C1. The lowest BCUT2D eigenvalue weighted by Crippen LogP contribution is -2.42. The van der Waals surface area contributed by atoms with Gasteiger partial charge in [-0.05, 0) is 52.5 Å². The third kappa shape index (κ3) is 5.25. The lowest BCUT2D eigenvalue weighted by molar-refractivity contribution is 0.143. The van der Waals surface area contributed by atoms with Gasteiger partial charge in [-0.2, -0.15) is 0 Å². The average molecular weight is 254 g/mol. The molecule has 0 bridgehead atoms. The minimum atomic E-state index is 0.410. The topological polar surface area (TPSA) is 53.6 Å². The molecule has 1 aliphatic rings. The summed E-state index contributed by atoms with van der Waals surface area (Å²) < 4.78 is 0. The van der Waals surface area contributed by atoms with Gasteiger partial charge in [0.05, 0.1) is 0 Å². The van der Waals surface area contributed by atoms with E-state index in [1.807, 2.05) is 0 Å². The zero-order valence-corrected chi connectivity index (χ0v) is 12.4. The molecule has 0 aromatic heterocycles. The van der Waals surface area contributed by atoms with Crippen LogP contribution in [0, 0.1) is 5.92 Å². The fraction of sp³-hybridized carbons (Fsp3) is 0.929. The van der Waals surface area contributed by atoms with Gasteiger partial charge in [0.15, 0.2) is 5.96 Å². The van der Waals surface area contributed by atoms with Gasteiger partial charge < -0.3 is 16.0 Å². The number of nitrogens with one attached hydrogen (secondary N) is 1. The highest BCUT2D eigenvalue weighted by Crippen LogP contribution is 2.18. The molecular formula is C14H30N4. The highest BCUT2D eigenvalue weighted by atomic mass is 15.2. The molecule has 2 unspecified atom stereocenters. The molecule has 0 aromatic rings. The third-order valence-electron chi connectivity index (χ3n) is 3.81. The van der Waals surface area contributed by atoms with E-state index >= 15 is 0 Å². The highest BCUT2D eigenvalue weighted by molar-refractivity contribution is 5.78. The van der Waals surface area contributed by atoms with Crippen LogP contribution in [0.5, 0.6) is 0 Å². The van der Waals surface area contributed by atoms with Crippen LogP contribution in [0.25, 0.3) is 0 Å². The standard InChI is InChI=1S/C14H30N4/c1-5-12(4)17-14(15)16-9-13-7-6-8-18(10-13)11(2)3/h11-13H,5-10H2,1-4H3,(H3,15,16,17). The Labute approximate surface area is 112 Å². The summed E-state index contributed by atoms with van der Waals surface area (Å²) in [6.45, 7) is 12.1. The summed E-state index contributed by atoms with van der Waals surface area (Å²) in [7, 11) is 0. The maximum Gasteiger partial charge on any atom is 0.188 e. The van der Waals surface area contributed by atoms with E-state index < -0.39 is 0 Å². The molecular weight excluding hydrogens is 224 g/mol. The Bertz CT molecular complexity index is 263. The Morgan fingerprint density at radius 3 is 2.78 bits per heavy atom. The Morgan fingerprint density at radius 1 is 1.44 bits per heavy atom. The van der Waals surface area contributed by atoms with Crippen molar-refractivity contribution in [3.8, 4) is 0 Å². The van der Waals surface area contributed by atoms with E-state index in [0.29, 0.717) is 24.0 Å².